The molecule has 0 aliphatic carbocycles. The number of benzene rings is 1. The van der Waals surface area contributed by atoms with Crippen molar-refractivity contribution in [2.24, 2.45) is 0 Å². The average molecular weight is 245 g/mol. The second-order valence-electron chi connectivity index (χ2n) is 3.09. The van der Waals surface area contributed by atoms with Crippen LogP contribution in [0.4, 0.5) is 0 Å². The maximum Gasteiger partial charge on any atom is 0.307 e. The van der Waals surface area contributed by atoms with Gasteiger partial charge in [-0.05, 0) is 24.1 Å². The Balaban J connectivity index is 3.00. The maximum absolute atomic E-state index is 10.4. The van der Waals surface area contributed by atoms with Gasteiger partial charge in [0, 0.05) is 0 Å². The van der Waals surface area contributed by atoms with Gasteiger partial charge in [-0.2, -0.15) is 0 Å². The molecular formula is C11H10Cl2O2. The summed E-state index contributed by atoms with van der Waals surface area (Å²) < 4.78 is 0. The van der Waals surface area contributed by atoms with E-state index in [4.69, 9.17) is 28.3 Å². The van der Waals surface area contributed by atoms with Gasteiger partial charge in [-0.15, -0.1) is 0 Å². The third kappa shape index (κ3) is 3.26. The molecule has 1 aromatic carbocycles. The van der Waals surface area contributed by atoms with Crippen molar-refractivity contribution >= 4 is 34.7 Å². The van der Waals surface area contributed by atoms with Crippen LogP contribution in [0, 0.1) is 0 Å². The minimum Gasteiger partial charge on any atom is -0.481 e. The van der Waals surface area contributed by atoms with Gasteiger partial charge >= 0.3 is 5.97 Å². The van der Waals surface area contributed by atoms with Crippen molar-refractivity contribution in [3.05, 3.63) is 39.9 Å². The van der Waals surface area contributed by atoms with Crippen LogP contribution in [0.2, 0.25) is 10.0 Å². The van der Waals surface area contributed by atoms with E-state index in [9.17, 15) is 4.79 Å². The summed E-state index contributed by atoms with van der Waals surface area (Å²) in [4.78, 5) is 10.4. The lowest BCUT2D eigenvalue weighted by atomic mass is 10.1. The minimum atomic E-state index is -0.868. The van der Waals surface area contributed by atoms with Gasteiger partial charge in [0.15, 0.2) is 0 Å². The van der Waals surface area contributed by atoms with Crippen LogP contribution in [0.3, 0.4) is 0 Å². The first-order valence-corrected chi connectivity index (χ1v) is 5.11. The van der Waals surface area contributed by atoms with E-state index in [1.165, 1.54) is 0 Å². The fourth-order valence-corrected chi connectivity index (χ4v) is 1.61. The molecule has 0 saturated carbocycles. The Bertz CT molecular complexity index is 411. The Morgan fingerprint density at radius 1 is 1.47 bits per heavy atom. The molecule has 0 amide bonds. The molecule has 0 fully saturated rings. The van der Waals surface area contributed by atoms with Crippen molar-refractivity contribution in [3.63, 3.8) is 0 Å². The van der Waals surface area contributed by atoms with Crippen LogP contribution in [-0.4, -0.2) is 11.1 Å². The number of carboxylic acid groups (broad SMARTS) is 1. The van der Waals surface area contributed by atoms with E-state index in [0.29, 0.717) is 10.0 Å². The number of allylic oxidation sites excluding steroid dienone is 1. The Hall–Kier alpha value is -0.990. The van der Waals surface area contributed by atoms with Crippen molar-refractivity contribution in [3.8, 4) is 0 Å². The van der Waals surface area contributed by atoms with Crippen LogP contribution in [-0.2, 0) is 4.79 Å². The molecule has 2 nitrogen and oxygen atoms in total. The van der Waals surface area contributed by atoms with Crippen LogP contribution in [0.5, 0.6) is 0 Å². The Kier molecular flexibility index (Phi) is 4.18. The summed E-state index contributed by atoms with van der Waals surface area (Å²) in [7, 11) is 0. The molecular weight excluding hydrogens is 235 g/mol. The van der Waals surface area contributed by atoms with Gasteiger partial charge in [0.25, 0.3) is 0 Å². The van der Waals surface area contributed by atoms with E-state index in [0.717, 1.165) is 11.1 Å². The Morgan fingerprint density at radius 3 is 2.73 bits per heavy atom. The standard InChI is InChI=1S/C11H10Cl2O2/c1-7(5-6-10(14)15)8-3-2-4-9(12)11(8)13/h2-5H,6H2,1H3,(H,14,15)/b7-5+. The van der Waals surface area contributed by atoms with Gasteiger partial charge in [0.1, 0.15) is 0 Å². The van der Waals surface area contributed by atoms with Crippen LogP contribution in [0.1, 0.15) is 18.9 Å². The molecule has 1 N–H and O–H groups in total. The summed E-state index contributed by atoms with van der Waals surface area (Å²) in [5.74, 6) is -0.868. The highest BCUT2D eigenvalue weighted by molar-refractivity contribution is 6.43. The largest absolute Gasteiger partial charge is 0.481 e. The molecule has 0 radical (unpaired) electrons. The van der Waals surface area contributed by atoms with E-state index in [-0.39, 0.29) is 6.42 Å². The van der Waals surface area contributed by atoms with Crippen LogP contribution in [0.25, 0.3) is 5.57 Å². The van der Waals surface area contributed by atoms with Crippen molar-refractivity contribution in [2.75, 3.05) is 0 Å². The van der Waals surface area contributed by atoms with E-state index in [1.54, 1.807) is 25.1 Å². The summed E-state index contributed by atoms with van der Waals surface area (Å²) in [5, 5.41) is 9.46. The zero-order valence-electron chi connectivity index (χ0n) is 8.13. The highest BCUT2D eigenvalue weighted by Crippen LogP contribution is 2.30. The molecule has 0 aliphatic heterocycles. The fourth-order valence-electron chi connectivity index (χ4n) is 1.16. The maximum atomic E-state index is 10.4. The summed E-state index contributed by atoms with van der Waals surface area (Å²) in [6.07, 6.45) is 1.59. The third-order valence-electron chi connectivity index (χ3n) is 1.96. The molecule has 0 saturated heterocycles. The van der Waals surface area contributed by atoms with Crippen molar-refractivity contribution in [1.29, 1.82) is 0 Å². The molecule has 0 bridgehead atoms. The topological polar surface area (TPSA) is 37.3 Å². The molecule has 0 unspecified atom stereocenters. The lowest BCUT2D eigenvalue weighted by Crippen LogP contribution is -1.91. The van der Waals surface area contributed by atoms with Gasteiger partial charge in [-0.25, -0.2) is 0 Å². The zero-order valence-corrected chi connectivity index (χ0v) is 9.64. The van der Waals surface area contributed by atoms with Crippen molar-refractivity contribution in [2.45, 2.75) is 13.3 Å². The number of hydrogen-bond donors (Lipinski definition) is 1. The second kappa shape index (κ2) is 5.19. The number of halogens is 2. The quantitative estimate of drug-likeness (QED) is 0.877. The monoisotopic (exact) mass is 244 g/mol. The van der Waals surface area contributed by atoms with Crippen molar-refractivity contribution < 1.29 is 9.90 Å². The molecule has 1 rings (SSSR count). The second-order valence-corrected chi connectivity index (χ2v) is 3.87. The number of rotatable bonds is 3. The Labute approximate surface area is 98.1 Å². The number of hydrogen-bond acceptors (Lipinski definition) is 1. The van der Waals surface area contributed by atoms with Crippen LogP contribution < -0.4 is 0 Å². The number of aliphatic carboxylic acids is 1. The normalized spacial score (nSPS) is 11.5. The predicted octanol–water partition coefficient (Wildman–Crippen LogP) is 3.87. The van der Waals surface area contributed by atoms with Crippen molar-refractivity contribution in [1.82, 2.24) is 0 Å². The number of carboxylic acids is 1. The first-order valence-electron chi connectivity index (χ1n) is 4.35. The summed E-state index contributed by atoms with van der Waals surface area (Å²) in [6, 6.07) is 5.28. The average Bonchev–Trinajstić information content (AvgIpc) is 2.18. The smallest absolute Gasteiger partial charge is 0.307 e. The van der Waals surface area contributed by atoms with Gasteiger partial charge in [-0.1, -0.05) is 41.4 Å². The van der Waals surface area contributed by atoms with Gasteiger partial charge in [0.2, 0.25) is 0 Å². The highest BCUT2D eigenvalue weighted by atomic mass is 35.5. The highest BCUT2D eigenvalue weighted by Gasteiger charge is 2.05. The van der Waals surface area contributed by atoms with Crippen LogP contribution in [0.15, 0.2) is 24.3 Å². The molecule has 0 atom stereocenters. The lowest BCUT2D eigenvalue weighted by molar-refractivity contribution is -0.135. The minimum absolute atomic E-state index is 0.0192. The molecule has 0 heterocycles. The predicted molar refractivity (Wildman–Crippen MR) is 62.4 cm³/mol. The molecule has 80 valence electrons. The zero-order chi connectivity index (χ0) is 11.4. The summed E-state index contributed by atoms with van der Waals surface area (Å²) in [5.41, 5.74) is 1.58. The van der Waals surface area contributed by atoms with Crippen LogP contribution >= 0.6 is 23.2 Å². The number of carbonyl (C=O) groups is 1. The molecule has 15 heavy (non-hydrogen) atoms. The first-order chi connectivity index (χ1) is 7.02. The van der Waals surface area contributed by atoms with E-state index < -0.39 is 5.97 Å². The first kappa shape index (κ1) is 12.1. The van der Waals surface area contributed by atoms with E-state index >= 15 is 0 Å². The Morgan fingerprint density at radius 2 is 2.13 bits per heavy atom. The van der Waals surface area contributed by atoms with E-state index in [2.05, 4.69) is 0 Å². The molecule has 1 aromatic rings. The lowest BCUT2D eigenvalue weighted by Gasteiger charge is -2.05. The third-order valence-corrected chi connectivity index (χ3v) is 2.78. The SMILES string of the molecule is C/C(=C\CC(=O)O)c1cccc(Cl)c1Cl. The van der Waals surface area contributed by atoms with Gasteiger partial charge in [0.05, 0.1) is 16.5 Å². The van der Waals surface area contributed by atoms with Gasteiger partial charge < -0.3 is 5.11 Å². The molecule has 0 aliphatic rings. The molecule has 4 heteroatoms. The fraction of sp³-hybridized carbons (Fsp3) is 0.182. The molecule has 0 aromatic heterocycles. The molecule has 0 spiro atoms. The van der Waals surface area contributed by atoms with E-state index in [1.807, 2.05) is 6.07 Å². The summed E-state index contributed by atoms with van der Waals surface area (Å²) in [6.45, 7) is 1.81. The van der Waals surface area contributed by atoms with Gasteiger partial charge in [-0.3, -0.25) is 4.79 Å². The summed E-state index contributed by atoms with van der Waals surface area (Å²) >= 11 is 11.8.